The molecule has 1 aromatic carbocycles. The maximum absolute atomic E-state index is 11.7. The van der Waals surface area contributed by atoms with Crippen molar-refractivity contribution >= 4 is 63.7 Å². The zero-order valence-electron chi connectivity index (χ0n) is 9.98. The van der Waals surface area contributed by atoms with E-state index < -0.39 is 18.0 Å². The Morgan fingerprint density at radius 2 is 1.95 bits per heavy atom. The number of aromatic nitrogens is 2. The highest BCUT2D eigenvalue weighted by atomic mass is 35.5. The van der Waals surface area contributed by atoms with Crippen LogP contribution in [0.15, 0.2) is 6.07 Å². The molecule has 0 saturated heterocycles. The summed E-state index contributed by atoms with van der Waals surface area (Å²) in [7, 11) is 0. The van der Waals surface area contributed by atoms with Crippen LogP contribution in [0.5, 0.6) is 0 Å². The smallest absolute Gasteiger partial charge is 0.325 e. The monoisotopic (exact) mass is 334 g/mol. The van der Waals surface area contributed by atoms with E-state index in [1.165, 1.54) is 13.0 Å². The first-order valence-electron chi connectivity index (χ1n) is 5.30. The van der Waals surface area contributed by atoms with E-state index in [0.29, 0.717) is 16.1 Å². The van der Waals surface area contributed by atoms with Gasteiger partial charge in [-0.3, -0.25) is 4.79 Å². The second-order valence-electron chi connectivity index (χ2n) is 3.84. The molecule has 2 aromatic rings. The van der Waals surface area contributed by atoms with Crippen LogP contribution in [0, 0.1) is 0 Å². The Bertz CT molecular complexity index is 690. The minimum Gasteiger partial charge on any atom is -0.480 e. The van der Waals surface area contributed by atoms with Crippen molar-refractivity contribution in [2.75, 3.05) is 5.32 Å². The van der Waals surface area contributed by atoms with E-state index in [0.717, 1.165) is 11.7 Å². The number of amides is 2. The van der Waals surface area contributed by atoms with Gasteiger partial charge in [-0.1, -0.05) is 23.2 Å². The van der Waals surface area contributed by atoms with Gasteiger partial charge in [0.25, 0.3) is 0 Å². The molecule has 106 valence electrons. The van der Waals surface area contributed by atoms with Gasteiger partial charge in [-0.2, -0.15) is 8.75 Å². The van der Waals surface area contributed by atoms with Gasteiger partial charge in [0, 0.05) is 0 Å². The molecule has 1 unspecified atom stereocenters. The van der Waals surface area contributed by atoms with Crippen LogP contribution in [0.4, 0.5) is 10.5 Å². The molecular formula is C10H8Cl2N4O3S. The Morgan fingerprint density at radius 1 is 1.30 bits per heavy atom. The number of urea groups is 1. The molecule has 1 heterocycles. The number of carbonyl (C=O) groups is 2. The predicted molar refractivity (Wildman–Crippen MR) is 76.7 cm³/mol. The van der Waals surface area contributed by atoms with Crippen LogP contribution < -0.4 is 10.6 Å². The molecule has 20 heavy (non-hydrogen) atoms. The van der Waals surface area contributed by atoms with Crippen LogP contribution in [0.25, 0.3) is 11.0 Å². The summed E-state index contributed by atoms with van der Waals surface area (Å²) >= 11 is 12.9. The third-order valence-electron chi connectivity index (χ3n) is 2.40. The number of fused-ring (bicyclic) bond motifs is 1. The lowest BCUT2D eigenvalue weighted by Crippen LogP contribution is -2.40. The number of hydrogen-bond donors (Lipinski definition) is 3. The van der Waals surface area contributed by atoms with Crippen LogP contribution in [-0.4, -0.2) is 31.9 Å². The second-order valence-corrected chi connectivity index (χ2v) is 5.18. The van der Waals surface area contributed by atoms with Crippen molar-refractivity contribution in [2.24, 2.45) is 0 Å². The molecule has 1 atom stereocenters. The molecule has 0 aliphatic carbocycles. The van der Waals surface area contributed by atoms with Crippen LogP contribution >= 0.6 is 34.9 Å². The quantitative estimate of drug-likeness (QED) is 0.800. The van der Waals surface area contributed by atoms with Gasteiger partial charge in [0.1, 0.15) is 17.1 Å². The highest BCUT2D eigenvalue weighted by Crippen LogP contribution is 2.35. The SMILES string of the molecule is CC(NC(=O)Nc1c(Cl)cc(Cl)c2nsnc12)C(=O)O. The van der Waals surface area contributed by atoms with E-state index >= 15 is 0 Å². The molecule has 10 heteroatoms. The fourth-order valence-electron chi connectivity index (χ4n) is 1.40. The van der Waals surface area contributed by atoms with Gasteiger partial charge in [0.2, 0.25) is 0 Å². The van der Waals surface area contributed by atoms with Crippen LogP contribution in [0.2, 0.25) is 10.0 Å². The summed E-state index contributed by atoms with van der Waals surface area (Å²) in [5, 5.41) is 13.9. The Morgan fingerprint density at radius 3 is 2.60 bits per heavy atom. The highest BCUT2D eigenvalue weighted by molar-refractivity contribution is 7.00. The topological polar surface area (TPSA) is 104 Å². The lowest BCUT2D eigenvalue weighted by Gasteiger charge is -2.12. The normalized spacial score (nSPS) is 12.2. The molecule has 2 amide bonds. The van der Waals surface area contributed by atoms with E-state index in [1.807, 2.05) is 0 Å². The minimum atomic E-state index is -1.15. The van der Waals surface area contributed by atoms with Crippen molar-refractivity contribution in [2.45, 2.75) is 13.0 Å². The minimum absolute atomic E-state index is 0.188. The van der Waals surface area contributed by atoms with Crippen LogP contribution in [0.3, 0.4) is 0 Å². The first-order valence-corrected chi connectivity index (χ1v) is 6.79. The molecular weight excluding hydrogens is 327 g/mol. The molecule has 0 saturated carbocycles. The number of nitrogens with zero attached hydrogens (tertiary/aromatic N) is 2. The standard InChI is InChI=1S/C10H8Cl2N4O3S/c1-3(9(17)18)13-10(19)14-6-4(11)2-5(12)7-8(6)16-20-15-7/h2-3H,1H3,(H,17,18)(H2,13,14,19). The number of anilines is 1. The van der Waals surface area contributed by atoms with E-state index in [2.05, 4.69) is 19.4 Å². The van der Waals surface area contributed by atoms with Gasteiger partial charge in [0.15, 0.2) is 0 Å². The number of halogens is 2. The number of nitrogens with one attached hydrogen (secondary N) is 2. The average molecular weight is 335 g/mol. The summed E-state index contributed by atoms with van der Waals surface area (Å²) < 4.78 is 8.00. The molecule has 0 radical (unpaired) electrons. The van der Waals surface area contributed by atoms with Crippen molar-refractivity contribution in [1.82, 2.24) is 14.1 Å². The molecule has 0 spiro atoms. The van der Waals surface area contributed by atoms with Crippen molar-refractivity contribution in [3.63, 3.8) is 0 Å². The lowest BCUT2D eigenvalue weighted by molar-refractivity contribution is -0.138. The van der Waals surface area contributed by atoms with E-state index in [1.54, 1.807) is 0 Å². The number of rotatable bonds is 3. The molecule has 0 aliphatic rings. The molecule has 2 rings (SSSR count). The van der Waals surface area contributed by atoms with E-state index in [4.69, 9.17) is 28.3 Å². The maximum Gasteiger partial charge on any atom is 0.325 e. The molecule has 7 nitrogen and oxygen atoms in total. The number of carboxylic acids is 1. The molecule has 3 N–H and O–H groups in total. The van der Waals surface area contributed by atoms with Gasteiger partial charge in [-0.05, 0) is 13.0 Å². The van der Waals surface area contributed by atoms with Crippen molar-refractivity contribution < 1.29 is 14.7 Å². The molecule has 1 aromatic heterocycles. The van der Waals surface area contributed by atoms with Gasteiger partial charge in [-0.25, -0.2) is 4.79 Å². The number of hydrogen-bond acceptors (Lipinski definition) is 5. The largest absolute Gasteiger partial charge is 0.480 e. The van der Waals surface area contributed by atoms with Crippen LogP contribution in [-0.2, 0) is 4.79 Å². The average Bonchev–Trinajstić information content (AvgIpc) is 2.83. The molecule has 0 bridgehead atoms. The summed E-state index contributed by atoms with van der Waals surface area (Å²) in [5.74, 6) is -1.15. The zero-order valence-corrected chi connectivity index (χ0v) is 12.3. The number of benzene rings is 1. The summed E-state index contributed by atoms with van der Waals surface area (Å²) in [5.41, 5.74) is 1.00. The Kier molecular flexibility index (Phi) is 4.26. The number of carboxylic acid groups (broad SMARTS) is 1. The molecule has 0 aliphatic heterocycles. The molecule has 0 fully saturated rings. The Labute approximate surface area is 127 Å². The summed E-state index contributed by atoms with van der Waals surface area (Å²) in [6.07, 6.45) is 0. The van der Waals surface area contributed by atoms with Gasteiger partial charge in [0.05, 0.1) is 27.5 Å². The Balaban J connectivity index is 2.28. The van der Waals surface area contributed by atoms with Crippen molar-refractivity contribution in [1.29, 1.82) is 0 Å². The van der Waals surface area contributed by atoms with Crippen molar-refractivity contribution in [3.05, 3.63) is 16.1 Å². The van der Waals surface area contributed by atoms with Gasteiger partial charge < -0.3 is 15.7 Å². The number of aliphatic carboxylic acids is 1. The first kappa shape index (κ1) is 14.8. The predicted octanol–water partition coefficient (Wildman–Crippen LogP) is 2.59. The van der Waals surface area contributed by atoms with Crippen LogP contribution in [0.1, 0.15) is 6.92 Å². The lowest BCUT2D eigenvalue weighted by atomic mass is 10.2. The van der Waals surface area contributed by atoms with Gasteiger partial charge >= 0.3 is 12.0 Å². The fraction of sp³-hybridized carbons (Fsp3) is 0.200. The highest BCUT2D eigenvalue weighted by Gasteiger charge is 2.18. The summed E-state index contributed by atoms with van der Waals surface area (Å²) in [6.45, 7) is 1.34. The summed E-state index contributed by atoms with van der Waals surface area (Å²) in [6, 6.07) is -0.313. The Hall–Kier alpha value is -1.64. The zero-order chi connectivity index (χ0) is 14.9. The second kappa shape index (κ2) is 5.78. The fourth-order valence-corrected chi connectivity index (χ4v) is 2.56. The third-order valence-corrected chi connectivity index (χ3v) is 3.52. The number of carbonyl (C=O) groups excluding carboxylic acids is 1. The maximum atomic E-state index is 11.7. The van der Waals surface area contributed by atoms with Gasteiger partial charge in [-0.15, -0.1) is 0 Å². The third kappa shape index (κ3) is 2.92. The first-order chi connectivity index (χ1) is 9.40. The van der Waals surface area contributed by atoms with E-state index in [9.17, 15) is 9.59 Å². The summed E-state index contributed by atoms with van der Waals surface area (Å²) in [4.78, 5) is 22.4. The van der Waals surface area contributed by atoms with Crippen molar-refractivity contribution in [3.8, 4) is 0 Å². The van der Waals surface area contributed by atoms with E-state index in [-0.39, 0.29) is 10.7 Å².